The SMILES string of the molecule is COc1cc(OC)cc(C(=O)N2[C@@H](c3ccccc3Cl)CC[C@H]2C(=O)O)c1. The molecule has 0 aromatic heterocycles. The Bertz CT molecular complexity index is 847. The number of nitrogens with zero attached hydrogens (tertiary/aromatic N) is 1. The van der Waals surface area contributed by atoms with Gasteiger partial charge in [0.25, 0.3) is 5.91 Å². The lowest BCUT2D eigenvalue weighted by molar-refractivity contribution is -0.141. The fraction of sp³-hybridized carbons (Fsp3) is 0.300. The average Bonchev–Trinajstić information content (AvgIpc) is 3.12. The molecule has 2 aromatic carbocycles. The maximum atomic E-state index is 13.3. The van der Waals surface area contributed by atoms with Crippen molar-refractivity contribution in [3.05, 3.63) is 58.6 Å². The van der Waals surface area contributed by atoms with Crippen molar-refractivity contribution in [1.29, 1.82) is 0 Å². The molecule has 1 N–H and O–H groups in total. The lowest BCUT2D eigenvalue weighted by Gasteiger charge is -2.29. The Morgan fingerprint density at radius 2 is 1.70 bits per heavy atom. The van der Waals surface area contributed by atoms with Gasteiger partial charge in [0, 0.05) is 16.7 Å². The van der Waals surface area contributed by atoms with Crippen LogP contribution in [0.1, 0.15) is 34.8 Å². The van der Waals surface area contributed by atoms with Gasteiger partial charge in [0.05, 0.1) is 20.3 Å². The van der Waals surface area contributed by atoms with E-state index in [9.17, 15) is 14.7 Å². The van der Waals surface area contributed by atoms with Crippen molar-refractivity contribution >= 4 is 23.5 Å². The third-order valence-corrected chi connectivity index (χ3v) is 5.11. The number of benzene rings is 2. The van der Waals surface area contributed by atoms with E-state index in [0.717, 1.165) is 5.56 Å². The monoisotopic (exact) mass is 389 g/mol. The zero-order valence-corrected chi connectivity index (χ0v) is 15.8. The van der Waals surface area contributed by atoms with Gasteiger partial charge in [-0.1, -0.05) is 29.8 Å². The molecule has 0 saturated carbocycles. The predicted octanol–water partition coefficient (Wildman–Crippen LogP) is 3.79. The number of carboxylic acid groups (broad SMARTS) is 1. The molecule has 27 heavy (non-hydrogen) atoms. The van der Waals surface area contributed by atoms with Gasteiger partial charge in [-0.05, 0) is 36.6 Å². The van der Waals surface area contributed by atoms with Gasteiger partial charge in [-0.15, -0.1) is 0 Å². The van der Waals surface area contributed by atoms with Crippen LogP contribution in [-0.2, 0) is 4.79 Å². The molecule has 0 bridgehead atoms. The second kappa shape index (κ2) is 7.88. The van der Waals surface area contributed by atoms with Gasteiger partial charge in [-0.3, -0.25) is 4.79 Å². The maximum Gasteiger partial charge on any atom is 0.326 e. The number of carbonyl (C=O) groups is 2. The molecule has 2 atom stereocenters. The quantitative estimate of drug-likeness (QED) is 0.842. The highest BCUT2D eigenvalue weighted by atomic mass is 35.5. The average molecular weight is 390 g/mol. The molecular weight excluding hydrogens is 370 g/mol. The Kier molecular flexibility index (Phi) is 5.56. The number of carboxylic acids is 1. The van der Waals surface area contributed by atoms with Crippen molar-refractivity contribution in [2.24, 2.45) is 0 Å². The van der Waals surface area contributed by atoms with E-state index < -0.39 is 24.0 Å². The van der Waals surface area contributed by atoms with Gasteiger partial charge in [-0.2, -0.15) is 0 Å². The number of hydrogen-bond acceptors (Lipinski definition) is 4. The van der Waals surface area contributed by atoms with E-state index in [-0.39, 0.29) is 0 Å². The summed E-state index contributed by atoms with van der Waals surface area (Å²) in [5.41, 5.74) is 1.04. The van der Waals surface area contributed by atoms with Gasteiger partial charge < -0.3 is 19.5 Å². The van der Waals surface area contributed by atoms with Crippen LogP contribution in [0.25, 0.3) is 0 Å². The van der Waals surface area contributed by atoms with Crippen LogP contribution in [0, 0.1) is 0 Å². The zero-order chi connectivity index (χ0) is 19.6. The molecule has 1 aliphatic rings. The van der Waals surface area contributed by atoms with Gasteiger partial charge in [0.15, 0.2) is 0 Å². The molecule has 7 heteroatoms. The number of halogens is 1. The van der Waals surface area contributed by atoms with Crippen LogP contribution in [0.15, 0.2) is 42.5 Å². The first kappa shape index (κ1) is 19.0. The summed E-state index contributed by atoms with van der Waals surface area (Å²) in [6.07, 6.45) is 0.881. The van der Waals surface area contributed by atoms with Crippen LogP contribution >= 0.6 is 11.6 Å². The fourth-order valence-corrected chi connectivity index (χ4v) is 3.73. The molecule has 0 radical (unpaired) electrons. The van der Waals surface area contributed by atoms with E-state index in [1.165, 1.54) is 19.1 Å². The fourth-order valence-electron chi connectivity index (χ4n) is 3.47. The minimum atomic E-state index is -1.03. The first-order chi connectivity index (χ1) is 13.0. The third-order valence-electron chi connectivity index (χ3n) is 4.77. The number of methoxy groups -OCH3 is 2. The van der Waals surface area contributed by atoms with Crippen LogP contribution < -0.4 is 9.47 Å². The van der Waals surface area contributed by atoms with Gasteiger partial charge in [-0.25, -0.2) is 4.79 Å². The molecule has 142 valence electrons. The van der Waals surface area contributed by atoms with Crippen LogP contribution in [0.4, 0.5) is 0 Å². The molecule has 6 nitrogen and oxygen atoms in total. The molecule has 3 rings (SSSR count). The van der Waals surface area contributed by atoms with Crippen molar-refractivity contribution < 1.29 is 24.2 Å². The Morgan fingerprint density at radius 1 is 1.07 bits per heavy atom. The first-order valence-corrected chi connectivity index (χ1v) is 8.87. The highest BCUT2D eigenvalue weighted by Crippen LogP contribution is 2.40. The molecule has 1 fully saturated rings. The first-order valence-electron chi connectivity index (χ1n) is 8.49. The number of ether oxygens (including phenoxy) is 2. The minimum Gasteiger partial charge on any atom is -0.497 e. The zero-order valence-electron chi connectivity index (χ0n) is 15.0. The van der Waals surface area contributed by atoms with Crippen molar-refractivity contribution in [3.8, 4) is 11.5 Å². The van der Waals surface area contributed by atoms with E-state index >= 15 is 0 Å². The maximum absolute atomic E-state index is 13.3. The smallest absolute Gasteiger partial charge is 0.326 e. The summed E-state index contributed by atoms with van der Waals surface area (Å²) in [5, 5.41) is 10.1. The minimum absolute atomic E-state index is 0.302. The standard InChI is InChI=1S/C20H20ClNO5/c1-26-13-9-12(10-14(11-13)27-2)19(23)22-17(7-8-18(22)20(24)25)15-5-3-4-6-16(15)21/h3-6,9-11,17-18H,7-8H2,1-2H3,(H,24,25)/t17-,18+/m1/s1. The molecule has 1 saturated heterocycles. The Hall–Kier alpha value is -2.73. The van der Waals surface area contributed by atoms with Gasteiger partial charge in [0.1, 0.15) is 17.5 Å². The normalized spacial score (nSPS) is 19.0. The van der Waals surface area contributed by atoms with E-state index in [0.29, 0.717) is 34.9 Å². The molecule has 0 unspecified atom stereocenters. The van der Waals surface area contributed by atoms with Crippen molar-refractivity contribution in [1.82, 2.24) is 4.90 Å². The summed E-state index contributed by atoms with van der Waals surface area (Å²) < 4.78 is 10.5. The summed E-state index contributed by atoms with van der Waals surface area (Å²) in [4.78, 5) is 26.5. The van der Waals surface area contributed by atoms with Gasteiger partial charge >= 0.3 is 5.97 Å². The summed E-state index contributed by atoms with van der Waals surface area (Å²) in [5.74, 6) is -0.522. The van der Waals surface area contributed by atoms with E-state index in [4.69, 9.17) is 21.1 Å². The van der Waals surface area contributed by atoms with Gasteiger partial charge in [0.2, 0.25) is 0 Å². The molecule has 0 spiro atoms. The van der Waals surface area contributed by atoms with E-state index in [2.05, 4.69) is 0 Å². The van der Waals surface area contributed by atoms with Crippen LogP contribution in [0.2, 0.25) is 5.02 Å². The van der Waals surface area contributed by atoms with Crippen molar-refractivity contribution in [3.63, 3.8) is 0 Å². The summed E-state index contributed by atoms with van der Waals surface area (Å²) in [7, 11) is 2.98. The van der Waals surface area contributed by atoms with Crippen molar-refractivity contribution in [2.45, 2.75) is 24.9 Å². The molecule has 1 amide bonds. The third kappa shape index (κ3) is 3.71. The number of aliphatic carboxylic acids is 1. The van der Waals surface area contributed by atoms with Crippen LogP contribution in [-0.4, -0.2) is 42.1 Å². The lowest BCUT2D eigenvalue weighted by atomic mass is 10.0. The van der Waals surface area contributed by atoms with E-state index in [1.807, 2.05) is 12.1 Å². The Labute approximate surface area is 162 Å². The highest BCUT2D eigenvalue weighted by molar-refractivity contribution is 6.31. The largest absolute Gasteiger partial charge is 0.497 e. The second-order valence-electron chi connectivity index (χ2n) is 6.28. The molecule has 0 aliphatic carbocycles. The Balaban J connectivity index is 2.05. The number of likely N-dealkylation sites (tertiary alicyclic amines) is 1. The number of hydrogen-bond donors (Lipinski definition) is 1. The molecule has 1 heterocycles. The number of carbonyl (C=O) groups excluding carboxylic acids is 1. The number of rotatable bonds is 5. The second-order valence-corrected chi connectivity index (χ2v) is 6.69. The molecular formula is C20H20ClNO5. The predicted molar refractivity (Wildman–Crippen MR) is 101 cm³/mol. The van der Waals surface area contributed by atoms with E-state index in [1.54, 1.807) is 30.3 Å². The summed E-state index contributed by atoms with van der Waals surface area (Å²) >= 11 is 6.32. The van der Waals surface area contributed by atoms with Crippen LogP contribution in [0.5, 0.6) is 11.5 Å². The summed E-state index contributed by atoms with van der Waals surface area (Å²) in [6, 6.07) is 10.7. The highest BCUT2D eigenvalue weighted by Gasteiger charge is 2.42. The molecule has 1 aliphatic heterocycles. The summed E-state index contributed by atoms with van der Waals surface area (Å²) in [6.45, 7) is 0. The van der Waals surface area contributed by atoms with Crippen molar-refractivity contribution in [2.75, 3.05) is 14.2 Å². The Morgan fingerprint density at radius 3 is 2.26 bits per heavy atom. The lowest BCUT2D eigenvalue weighted by Crippen LogP contribution is -2.41. The van der Waals surface area contributed by atoms with Crippen LogP contribution in [0.3, 0.4) is 0 Å². The number of amides is 1. The molecule has 2 aromatic rings. The topological polar surface area (TPSA) is 76.1 Å².